The number of carbonyl (C=O) groups excluding carboxylic acids is 1. The highest BCUT2D eigenvalue weighted by molar-refractivity contribution is 6.06. The van der Waals surface area contributed by atoms with E-state index in [2.05, 4.69) is 29.0 Å². The lowest BCUT2D eigenvalue weighted by Crippen LogP contribution is -2.46. The summed E-state index contributed by atoms with van der Waals surface area (Å²) in [6, 6.07) is 12.9. The summed E-state index contributed by atoms with van der Waals surface area (Å²) >= 11 is 0. The summed E-state index contributed by atoms with van der Waals surface area (Å²) in [7, 11) is 0. The van der Waals surface area contributed by atoms with E-state index in [9.17, 15) is 4.79 Å². The van der Waals surface area contributed by atoms with Crippen LogP contribution in [0.2, 0.25) is 0 Å². The minimum Gasteiger partial charge on any atom is -0.494 e. The molecule has 0 spiro atoms. The fraction of sp³-hybridized carbons (Fsp3) is 0.409. The summed E-state index contributed by atoms with van der Waals surface area (Å²) in [5, 5.41) is 3.04. The van der Waals surface area contributed by atoms with E-state index < -0.39 is 0 Å². The van der Waals surface area contributed by atoms with E-state index in [1.165, 1.54) is 0 Å². The highest BCUT2D eigenvalue weighted by atomic mass is 16.5. The van der Waals surface area contributed by atoms with Crippen molar-refractivity contribution in [3.05, 3.63) is 48.0 Å². The molecule has 28 heavy (non-hydrogen) atoms. The Kier molecular flexibility index (Phi) is 6.76. The molecule has 1 heterocycles. The second-order valence-electron chi connectivity index (χ2n) is 7.02. The molecule has 150 valence electrons. The van der Waals surface area contributed by atoms with Crippen LogP contribution >= 0.6 is 0 Å². The molecular formula is C22H30N4O2. The largest absolute Gasteiger partial charge is 0.494 e. The molecule has 2 aromatic rings. The maximum atomic E-state index is 12.8. The van der Waals surface area contributed by atoms with Gasteiger partial charge in [-0.1, -0.05) is 13.8 Å². The SMILES string of the molecule is CCCOc1ccc(C(=O)Nc2cc(N)ccc2N2CCN(CC)CC2)cc1. The van der Waals surface area contributed by atoms with Gasteiger partial charge in [0.05, 0.1) is 18.0 Å². The molecule has 0 atom stereocenters. The zero-order valence-electron chi connectivity index (χ0n) is 16.8. The average Bonchev–Trinajstić information content (AvgIpc) is 2.73. The van der Waals surface area contributed by atoms with E-state index in [0.717, 1.165) is 56.3 Å². The first-order valence-corrected chi connectivity index (χ1v) is 10.0. The number of nitrogen functional groups attached to an aromatic ring is 1. The molecule has 6 heteroatoms. The lowest BCUT2D eigenvalue weighted by atomic mass is 10.1. The Bertz CT molecular complexity index is 784. The predicted octanol–water partition coefficient (Wildman–Crippen LogP) is 3.45. The van der Waals surface area contributed by atoms with Crippen LogP contribution in [0.15, 0.2) is 42.5 Å². The van der Waals surface area contributed by atoms with E-state index in [4.69, 9.17) is 10.5 Å². The van der Waals surface area contributed by atoms with Gasteiger partial charge in [-0.25, -0.2) is 0 Å². The first kappa shape index (κ1) is 20.0. The number of nitrogens with zero attached hydrogens (tertiary/aromatic N) is 2. The monoisotopic (exact) mass is 382 g/mol. The third kappa shape index (κ3) is 4.95. The number of nitrogens with one attached hydrogen (secondary N) is 1. The summed E-state index contributed by atoms with van der Waals surface area (Å²) < 4.78 is 5.58. The molecule has 0 unspecified atom stereocenters. The predicted molar refractivity (Wildman–Crippen MR) is 115 cm³/mol. The molecule has 0 saturated carbocycles. The van der Waals surface area contributed by atoms with Gasteiger partial charge >= 0.3 is 0 Å². The number of ether oxygens (including phenoxy) is 1. The van der Waals surface area contributed by atoms with Gasteiger partial charge in [0.25, 0.3) is 5.91 Å². The Morgan fingerprint density at radius 1 is 1.07 bits per heavy atom. The third-order valence-corrected chi connectivity index (χ3v) is 5.02. The summed E-state index contributed by atoms with van der Waals surface area (Å²) in [5.41, 5.74) is 8.98. The quantitative estimate of drug-likeness (QED) is 0.718. The van der Waals surface area contributed by atoms with Gasteiger partial charge in [0, 0.05) is 37.4 Å². The second kappa shape index (κ2) is 9.46. The Morgan fingerprint density at radius 3 is 2.43 bits per heavy atom. The van der Waals surface area contributed by atoms with Crippen LogP contribution < -0.4 is 20.7 Å². The number of hydrogen-bond acceptors (Lipinski definition) is 5. The fourth-order valence-corrected chi connectivity index (χ4v) is 3.35. The molecule has 6 nitrogen and oxygen atoms in total. The van der Waals surface area contributed by atoms with E-state index in [1.807, 2.05) is 30.3 Å². The van der Waals surface area contributed by atoms with Gasteiger partial charge in [0.15, 0.2) is 0 Å². The zero-order chi connectivity index (χ0) is 19.9. The van der Waals surface area contributed by atoms with Gasteiger partial charge in [-0.15, -0.1) is 0 Å². The van der Waals surface area contributed by atoms with Crippen molar-refractivity contribution in [3.8, 4) is 5.75 Å². The number of piperazine rings is 1. The van der Waals surface area contributed by atoms with Crippen molar-refractivity contribution < 1.29 is 9.53 Å². The van der Waals surface area contributed by atoms with Crippen molar-refractivity contribution in [1.82, 2.24) is 4.90 Å². The maximum Gasteiger partial charge on any atom is 0.255 e. The molecule has 3 N–H and O–H groups in total. The van der Waals surface area contributed by atoms with Gasteiger partial charge < -0.3 is 25.6 Å². The van der Waals surface area contributed by atoms with Crippen molar-refractivity contribution in [2.75, 3.05) is 55.3 Å². The summed E-state index contributed by atoms with van der Waals surface area (Å²) in [5.74, 6) is 0.623. The standard InChI is InChI=1S/C22H30N4O2/c1-3-15-28-19-8-5-17(6-9-19)22(27)24-20-16-18(23)7-10-21(20)26-13-11-25(4-2)12-14-26/h5-10,16H,3-4,11-15,23H2,1-2H3,(H,24,27). The Morgan fingerprint density at radius 2 is 1.79 bits per heavy atom. The fourth-order valence-electron chi connectivity index (χ4n) is 3.35. The molecule has 1 amide bonds. The molecule has 1 fully saturated rings. The molecular weight excluding hydrogens is 352 g/mol. The van der Waals surface area contributed by atoms with Crippen LogP contribution in [0.25, 0.3) is 0 Å². The van der Waals surface area contributed by atoms with Crippen molar-refractivity contribution in [2.24, 2.45) is 0 Å². The van der Waals surface area contributed by atoms with E-state index in [-0.39, 0.29) is 5.91 Å². The number of amides is 1. The number of anilines is 3. The lowest BCUT2D eigenvalue weighted by Gasteiger charge is -2.36. The van der Waals surface area contributed by atoms with Crippen LogP contribution in [-0.2, 0) is 0 Å². The Balaban J connectivity index is 1.72. The lowest BCUT2D eigenvalue weighted by molar-refractivity contribution is 0.102. The summed E-state index contributed by atoms with van der Waals surface area (Å²) in [4.78, 5) is 17.5. The topological polar surface area (TPSA) is 70.8 Å². The maximum absolute atomic E-state index is 12.8. The van der Waals surface area contributed by atoms with E-state index >= 15 is 0 Å². The molecule has 1 aliphatic heterocycles. The molecule has 2 aromatic carbocycles. The van der Waals surface area contributed by atoms with Crippen molar-refractivity contribution in [2.45, 2.75) is 20.3 Å². The number of hydrogen-bond donors (Lipinski definition) is 2. The molecule has 3 rings (SSSR count). The minimum absolute atomic E-state index is 0.152. The van der Waals surface area contributed by atoms with Crippen molar-refractivity contribution in [1.29, 1.82) is 0 Å². The molecule has 1 aliphatic rings. The second-order valence-corrected chi connectivity index (χ2v) is 7.02. The summed E-state index contributed by atoms with van der Waals surface area (Å²) in [6.07, 6.45) is 0.951. The van der Waals surface area contributed by atoms with E-state index in [0.29, 0.717) is 17.9 Å². The van der Waals surface area contributed by atoms with Gasteiger partial charge in [-0.2, -0.15) is 0 Å². The average molecular weight is 383 g/mol. The normalized spacial score (nSPS) is 14.7. The van der Waals surface area contributed by atoms with Crippen LogP contribution in [-0.4, -0.2) is 50.1 Å². The Labute approximate surface area is 167 Å². The van der Waals surface area contributed by atoms with Crippen LogP contribution in [0.1, 0.15) is 30.6 Å². The number of likely N-dealkylation sites (N-methyl/N-ethyl adjacent to an activating group) is 1. The van der Waals surface area contributed by atoms with Crippen molar-refractivity contribution >= 4 is 23.0 Å². The number of carbonyl (C=O) groups is 1. The van der Waals surface area contributed by atoms with Crippen LogP contribution in [0.4, 0.5) is 17.1 Å². The van der Waals surface area contributed by atoms with Crippen LogP contribution in [0, 0.1) is 0 Å². The van der Waals surface area contributed by atoms with Crippen LogP contribution in [0.5, 0.6) is 5.75 Å². The van der Waals surface area contributed by atoms with Gasteiger partial charge in [-0.05, 0) is 55.4 Å². The molecule has 0 aliphatic carbocycles. The Hall–Kier alpha value is -2.73. The highest BCUT2D eigenvalue weighted by Crippen LogP contribution is 2.29. The van der Waals surface area contributed by atoms with Gasteiger partial charge in [0.2, 0.25) is 0 Å². The summed E-state index contributed by atoms with van der Waals surface area (Å²) in [6.45, 7) is 9.89. The number of benzene rings is 2. The number of nitrogens with two attached hydrogens (primary N) is 1. The first-order chi connectivity index (χ1) is 13.6. The first-order valence-electron chi connectivity index (χ1n) is 10.0. The number of rotatable bonds is 7. The molecule has 1 saturated heterocycles. The van der Waals surface area contributed by atoms with E-state index in [1.54, 1.807) is 12.1 Å². The zero-order valence-corrected chi connectivity index (χ0v) is 16.8. The molecule has 0 aromatic heterocycles. The molecule has 0 radical (unpaired) electrons. The smallest absolute Gasteiger partial charge is 0.255 e. The van der Waals surface area contributed by atoms with Gasteiger partial charge in [-0.3, -0.25) is 4.79 Å². The van der Waals surface area contributed by atoms with Gasteiger partial charge in [0.1, 0.15) is 5.75 Å². The minimum atomic E-state index is -0.152. The highest BCUT2D eigenvalue weighted by Gasteiger charge is 2.19. The molecule has 0 bridgehead atoms. The van der Waals surface area contributed by atoms with Crippen LogP contribution in [0.3, 0.4) is 0 Å². The van der Waals surface area contributed by atoms with Crippen molar-refractivity contribution in [3.63, 3.8) is 0 Å². The third-order valence-electron chi connectivity index (χ3n) is 5.02.